The molecule has 0 amide bonds. The Bertz CT molecular complexity index is 5880. The summed E-state index contributed by atoms with van der Waals surface area (Å²) in [5.74, 6) is -0.387. The first-order valence-electron chi connectivity index (χ1n) is 45.9. The third kappa shape index (κ3) is 31.8. The van der Waals surface area contributed by atoms with Gasteiger partial charge in [0, 0.05) is 44.2 Å². The Morgan fingerprint density at radius 1 is 0.237 bits per heavy atom. The minimum Gasteiger partial charge on any atom is -0.278 e. The summed E-state index contributed by atoms with van der Waals surface area (Å²) in [5, 5.41) is 11.1. The van der Waals surface area contributed by atoms with Crippen LogP contribution in [0.3, 0.4) is 0 Å². The number of hydrogen-bond donors (Lipinski definition) is 1. The maximum Gasteiger partial charge on any atom is 0.123 e. The average molecular weight is 1740 g/mol. The molecule has 0 radical (unpaired) electrons. The highest BCUT2D eigenvalue weighted by atomic mass is 19.1. The summed E-state index contributed by atoms with van der Waals surface area (Å²) in [6, 6.07) is 112. The normalized spacial score (nSPS) is 11.5. The van der Waals surface area contributed by atoms with Crippen molar-refractivity contribution in [2.75, 3.05) is 0 Å². The van der Waals surface area contributed by atoms with E-state index in [-0.39, 0.29) is 55.0 Å². The molecule has 16 aromatic rings. The first-order valence-corrected chi connectivity index (χ1v) is 45.9. The Labute approximate surface area is 785 Å². The molecule has 678 valence electrons. The topological polar surface area (TPSA) is 72.3 Å². The number of H-pyrrole nitrogens is 1. The van der Waals surface area contributed by atoms with Crippen molar-refractivity contribution in [1.82, 2.24) is 29.9 Å². The maximum absolute atomic E-state index is 13.1. The molecule has 0 unspecified atom stereocenters. The fourth-order valence-electron chi connectivity index (χ4n) is 14.4. The number of nitrogens with zero attached hydrogens (tertiary/aromatic N) is 5. The molecule has 1 N–H and O–H groups in total. The van der Waals surface area contributed by atoms with Crippen molar-refractivity contribution >= 4 is 0 Å². The van der Waals surface area contributed by atoms with Gasteiger partial charge in [0.2, 0.25) is 0 Å². The second-order valence-electron chi connectivity index (χ2n) is 42.1. The van der Waals surface area contributed by atoms with Crippen molar-refractivity contribution in [3.05, 3.63) is 432 Å². The minimum absolute atomic E-state index is 0.153. The molecule has 0 aliphatic heterocycles. The predicted molar refractivity (Wildman–Crippen MR) is 559 cm³/mol. The molecule has 131 heavy (non-hydrogen) atoms. The third-order valence-electron chi connectivity index (χ3n) is 23.1. The van der Waals surface area contributed by atoms with E-state index in [1.807, 2.05) is 72.9 Å². The molecule has 0 saturated carbocycles. The van der Waals surface area contributed by atoms with Crippen LogP contribution in [-0.4, -0.2) is 29.9 Å². The molecule has 4 heterocycles. The number of aromatic amines is 1. The van der Waals surface area contributed by atoms with Gasteiger partial charge in [0.25, 0.3) is 0 Å². The van der Waals surface area contributed by atoms with Crippen molar-refractivity contribution < 1.29 is 8.78 Å². The van der Waals surface area contributed by atoms with Gasteiger partial charge in [-0.1, -0.05) is 445 Å². The van der Waals surface area contributed by atoms with E-state index in [1.165, 1.54) is 129 Å². The minimum atomic E-state index is -0.194. The van der Waals surface area contributed by atoms with Crippen LogP contribution >= 0.6 is 0 Å². The highest BCUT2D eigenvalue weighted by Crippen LogP contribution is 2.35. The molecule has 16 rings (SSSR count). The molecule has 0 spiro atoms. The van der Waals surface area contributed by atoms with Crippen LogP contribution in [0.2, 0.25) is 0 Å². The van der Waals surface area contributed by atoms with Gasteiger partial charge in [-0.15, -0.1) is 0 Å². The molecule has 12 aromatic carbocycles. The Morgan fingerprint density at radius 2 is 0.557 bits per heavy atom. The van der Waals surface area contributed by atoms with Gasteiger partial charge in [0.15, 0.2) is 0 Å². The molecule has 4 aromatic heterocycles. The summed E-state index contributed by atoms with van der Waals surface area (Å²) >= 11 is 0. The molecule has 6 nitrogen and oxygen atoms in total. The summed E-state index contributed by atoms with van der Waals surface area (Å²) in [6.45, 7) is 57.6. The van der Waals surface area contributed by atoms with Gasteiger partial charge in [-0.05, 0) is 240 Å². The van der Waals surface area contributed by atoms with Crippen LogP contribution in [0.1, 0.15) is 222 Å². The van der Waals surface area contributed by atoms with Gasteiger partial charge in [-0.25, -0.2) is 8.78 Å². The highest BCUT2D eigenvalue weighted by Gasteiger charge is 2.21. The second-order valence-corrected chi connectivity index (χ2v) is 42.1. The molecule has 0 atom stereocenters. The SMILES string of the molecule is CC(C)(C)c1ccc(-c2ccc(F)cc2)cc1.CC(C)(C)c1ccc(-c2cccc(F)c2)cc1.CC(C)(C)c1ccc(-c2cccnc2)cc1.CC(C)(C)c1ccc(-c2ccn[nH]2)cc1.CC(C)(C)c1ccc(-c2ccncc2)cc1.Cc1cccc(-c2ccc(C(C)(C)C)cc2)c1.Cc1ccccc1-c1ccc(C(C)(C)C)cc1.Cn1nccc1-c1ccc(C(C)(C)C)cc1. The fourth-order valence-corrected chi connectivity index (χ4v) is 14.4. The Balaban J connectivity index is 0.000000169. The molecule has 0 aliphatic rings. The lowest BCUT2D eigenvalue weighted by molar-refractivity contribution is 0.590. The number of pyridine rings is 2. The number of nitrogens with one attached hydrogen (secondary N) is 1. The standard InChI is InChI=1S/2C17H20.2C16H17F.2C15H17N.C14H18N2.C13H16N2/c1-13-6-5-7-15(12-13)14-8-10-16(11-9-14)17(2,3)4;1-13-7-5-6-8-16(13)14-9-11-15(12-10-14)17(2,3)4;1-16(2,3)14-8-4-12(5-9-14)13-6-10-15(17)11-7-13;1-16(2,3)14-9-7-12(8-10-14)13-5-4-6-15(17)11-13;1-15(2,3)14-6-4-12(5-7-14)13-8-10-16-11-9-13;1-15(2,3)14-8-6-12(7-9-14)13-5-4-10-16-11-13;1-14(2,3)12-7-5-11(6-8-12)13-9-10-15-16(13)4;1-13(2,3)11-6-4-10(5-7-11)12-8-9-14-15-12/h2*5-12H,1-4H3;2*4-11H,1-3H3;2*4-11H,1-3H3;5-10H,1-4H3;4-9H,1-3H3,(H,14,15). The number of rotatable bonds is 8. The summed E-state index contributed by atoms with van der Waals surface area (Å²) < 4.78 is 27.8. The van der Waals surface area contributed by atoms with E-state index in [2.05, 4.69) is 454 Å². The van der Waals surface area contributed by atoms with E-state index in [9.17, 15) is 8.78 Å². The summed E-state index contributed by atoms with van der Waals surface area (Å²) in [7, 11) is 1.97. The lowest BCUT2D eigenvalue weighted by Crippen LogP contribution is -2.10. The van der Waals surface area contributed by atoms with Crippen LogP contribution in [0.15, 0.2) is 365 Å². The zero-order valence-corrected chi connectivity index (χ0v) is 83.1. The van der Waals surface area contributed by atoms with E-state index < -0.39 is 0 Å². The van der Waals surface area contributed by atoms with Gasteiger partial charge in [-0.2, -0.15) is 10.2 Å². The fraction of sp³-hybridized carbons (Fsp3) is 0.285. The lowest BCUT2D eigenvalue weighted by atomic mass is 9.86. The van der Waals surface area contributed by atoms with Gasteiger partial charge in [0.05, 0.1) is 11.4 Å². The van der Waals surface area contributed by atoms with E-state index in [1.54, 1.807) is 36.7 Å². The predicted octanol–water partition coefficient (Wildman–Crippen LogP) is 34.4. The van der Waals surface area contributed by atoms with Crippen LogP contribution in [0.5, 0.6) is 0 Å². The molecule has 0 fully saturated rings. The van der Waals surface area contributed by atoms with E-state index in [0.29, 0.717) is 0 Å². The number of aryl methyl sites for hydroxylation is 3. The average Bonchev–Trinajstić information content (AvgIpc) is 1.68. The summed E-state index contributed by atoms with van der Waals surface area (Å²) in [5.41, 5.74) is 33.9. The summed E-state index contributed by atoms with van der Waals surface area (Å²) in [6.07, 6.45) is 10.9. The zero-order chi connectivity index (χ0) is 95.7. The molecule has 8 heteroatoms. The van der Waals surface area contributed by atoms with Crippen LogP contribution in [0, 0.1) is 25.5 Å². The Kier molecular flexibility index (Phi) is 35.2. The largest absolute Gasteiger partial charge is 0.278 e. The number of hydrogen-bond acceptors (Lipinski definition) is 4. The van der Waals surface area contributed by atoms with Gasteiger partial charge >= 0.3 is 0 Å². The molecule has 0 saturated heterocycles. The highest BCUT2D eigenvalue weighted by molar-refractivity contribution is 5.70. The van der Waals surface area contributed by atoms with E-state index in [4.69, 9.17) is 0 Å². The zero-order valence-electron chi connectivity index (χ0n) is 83.1. The van der Waals surface area contributed by atoms with Crippen molar-refractivity contribution in [2.24, 2.45) is 7.05 Å². The number of halogens is 2. The van der Waals surface area contributed by atoms with Gasteiger partial charge < -0.3 is 0 Å². The molecular weight excluding hydrogens is 1600 g/mol. The maximum atomic E-state index is 13.1. The van der Waals surface area contributed by atoms with E-state index in [0.717, 1.165) is 33.6 Å². The van der Waals surface area contributed by atoms with Crippen molar-refractivity contribution in [3.8, 4) is 89.3 Å². The smallest absolute Gasteiger partial charge is 0.123 e. The third-order valence-corrected chi connectivity index (χ3v) is 23.1. The van der Waals surface area contributed by atoms with Crippen molar-refractivity contribution in [3.63, 3.8) is 0 Å². The van der Waals surface area contributed by atoms with Crippen LogP contribution in [0.4, 0.5) is 8.78 Å². The molecular formula is C123H142F2N6. The van der Waals surface area contributed by atoms with E-state index >= 15 is 0 Å². The first-order chi connectivity index (χ1) is 61.6. The quantitative estimate of drug-likeness (QED) is 0.165. The van der Waals surface area contributed by atoms with Crippen LogP contribution in [0.25, 0.3) is 89.3 Å². The number of benzene rings is 12. The Hall–Kier alpha value is -12.8. The van der Waals surface area contributed by atoms with Gasteiger partial charge in [-0.3, -0.25) is 19.7 Å². The number of aromatic nitrogens is 6. The van der Waals surface area contributed by atoms with Crippen LogP contribution in [-0.2, 0) is 50.4 Å². The lowest BCUT2D eigenvalue weighted by Gasteiger charge is -2.19. The van der Waals surface area contributed by atoms with Crippen LogP contribution < -0.4 is 0 Å². The monoisotopic (exact) mass is 1740 g/mol. The molecule has 0 aliphatic carbocycles. The van der Waals surface area contributed by atoms with Crippen molar-refractivity contribution in [1.29, 1.82) is 0 Å². The Morgan fingerprint density at radius 3 is 0.885 bits per heavy atom. The summed E-state index contributed by atoms with van der Waals surface area (Å²) in [4.78, 5) is 8.16. The van der Waals surface area contributed by atoms with Gasteiger partial charge in [0.1, 0.15) is 11.6 Å². The first kappa shape index (κ1) is 102. The van der Waals surface area contributed by atoms with Crippen molar-refractivity contribution in [2.45, 2.75) is 223 Å². The second kappa shape index (κ2) is 45.2. The molecule has 0 bridgehead atoms.